The molecule has 0 bridgehead atoms. The Morgan fingerprint density at radius 3 is 2.38 bits per heavy atom. The van der Waals surface area contributed by atoms with Gasteiger partial charge < -0.3 is 10.6 Å². The Bertz CT molecular complexity index is 181. The lowest BCUT2D eigenvalue weighted by Crippen LogP contribution is -2.34. The second kappa shape index (κ2) is 4.09. The van der Waals surface area contributed by atoms with Crippen LogP contribution in [-0.4, -0.2) is 30.4 Å². The summed E-state index contributed by atoms with van der Waals surface area (Å²) < 4.78 is 0. The van der Waals surface area contributed by atoms with Gasteiger partial charge in [0.05, 0.1) is 5.84 Å². The molecule has 0 aromatic rings. The molecule has 0 unspecified atom stereocenters. The van der Waals surface area contributed by atoms with Crippen molar-refractivity contribution in [3.63, 3.8) is 0 Å². The number of nitrogens with two attached hydrogens (primary N) is 1. The number of nitrogens with zero attached hydrogens (tertiary/aromatic N) is 1. The van der Waals surface area contributed by atoms with E-state index >= 15 is 0 Å². The summed E-state index contributed by atoms with van der Waals surface area (Å²) >= 11 is 0. The minimum atomic E-state index is -0.122. The molecule has 1 aliphatic heterocycles. The van der Waals surface area contributed by atoms with Crippen LogP contribution in [0.5, 0.6) is 0 Å². The topological polar surface area (TPSA) is 53.1 Å². The van der Waals surface area contributed by atoms with E-state index < -0.39 is 0 Å². The van der Waals surface area contributed by atoms with E-state index in [1.165, 1.54) is 25.9 Å². The predicted molar refractivity (Wildman–Crippen MR) is 56.0 cm³/mol. The van der Waals surface area contributed by atoms with E-state index in [-0.39, 0.29) is 5.41 Å². The van der Waals surface area contributed by atoms with E-state index in [9.17, 15) is 0 Å². The zero-order valence-electron chi connectivity index (χ0n) is 8.77. The molecular formula is C10H21N3. The number of nitrogens with one attached hydrogen (secondary N) is 1. The summed E-state index contributed by atoms with van der Waals surface area (Å²) in [5.74, 6) is 0.312. The van der Waals surface area contributed by atoms with Crippen molar-refractivity contribution >= 4 is 5.84 Å². The maximum Gasteiger partial charge on any atom is 0.0963 e. The zero-order valence-corrected chi connectivity index (χ0v) is 8.77. The Morgan fingerprint density at radius 2 is 1.92 bits per heavy atom. The maximum atomic E-state index is 7.43. The first-order chi connectivity index (χ1) is 6.02. The molecule has 0 radical (unpaired) electrons. The Kier molecular flexibility index (Phi) is 3.31. The van der Waals surface area contributed by atoms with E-state index in [4.69, 9.17) is 11.1 Å². The molecule has 0 aromatic carbocycles. The molecule has 13 heavy (non-hydrogen) atoms. The van der Waals surface area contributed by atoms with Crippen LogP contribution in [0.3, 0.4) is 0 Å². The first kappa shape index (κ1) is 10.5. The average molecular weight is 183 g/mol. The van der Waals surface area contributed by atoms with Crippen LogP contribution in [0, 0.1) is 10.8 Å². The molecule has 1 fully saturated rings. The minimum Gasteiger partial charge on any atom is -0.387 e. The van der Waals surface area contributed by atoms with E-state index in [2.05, 4.69) is 4.90 Å². The molecule has 1 aliphatic rings. The molecule has 1 saturated heterocycles. The first-order valence-corrected chi connectivity index (χ1v) is 5.09. The molecule has 3 N–H and O–H groups in total. The van der Waals surface area contributed by atoms with Gasteiger partial charge in [-0.1, -0.05) is 13.8 Å². The van der Waals surface area contributed by atoms with Crippen molar-refractivity contribution in [2.75, 3.05) is 19.6 Å². The highest BCUT2D eigenvalue weighted by molar-refractivity contribution is 5.82. The summed E-state index contributed by atoms with van der Waals surface area (Å²) in [4.78, 5) is 2.46. The third-order valence-electron chi connectivity index (χ3n) is 2.98. The van der Waals surface area contributed by atoms with Crippen molar-refractivity contribution in [3.05, 3.63) is 0 Å². The number of hydrogen-bond acceptors (Lipinski definition) is 2. The highest BCUT2D eigenvalue weighted by atomic mass is 15.1. The number of likely N-dealkylation sites (tertiary alicyclic amines) is 1. The quantitative estimate of drug-likeness (QED) is 0.512. The van der Waals surface area contributed by atoms with Gasteiger partial charge in [0.1, 0.15) is 0 Å². The molecule has 1 heterocycles. The lowest BCUT2D eigenvalue weighted by atomic mass is 9.88. The Hall–Kier alpha value is -0.570. The van der Waals surface area contributed by atoms with Crippen LogP contribution in [-0.2, 0) is 0 Å². The Morgan fingerprint density at radius 1 is 1.38 bits per heavy atom. The van der Waals surface area contributed by atoms with Gasteiger partial charge >= 0.3 is 0 Å². The lowest BCUT2D eigenvalue weighted by molar-refractivity contribution is 0.293. The van der Waals surface area contributed by atoms with Crippen molar-refractivity contribution in [1.29, 1.82) is 5.41 Å². The van der Waals surface area contributed by atoms with E-state index in [1.807, 2.05) is 13.8 Å². The van der Waals surface area contributed by atoms with Crippen molar-refractivity contribution < 1.29 is 0 Å². The van der Waals surface area contributed by atoms with Crippen LogP contribution >= 0.6 is 0 Å². The fourth-order valence-corrected chi connectivity index (χ4v) is 1.58. The highest BCUT2D eigenvalue weighted by Crippen LogP contribution is 2.21. The maximum absolute atomic E-state index is 7.43. The molecule has 1 rings (SSSR count). The molecular weight excluding hydrogens is 162 g/mol. The van der Waals surface area contributed by atoms with Crippen LogP contribution in [0.4, 0.5) is 0 Å². The summed E-state index contributed by atoms with van der Waals surface area (Å²) in [7, 11) is 0. The van der Waals surface area contributed by atoms with Crippen LogP contribution in [0.15, 0.2) is 0 Å². The van der Waals surface area contributed by atoms with Crippen LogP contribution in [0.25, 0.3) is 0 Å². The fraction of sp³-hybridized carbons (Fsp3) is 0.900. The molecule has 0 aliphatic carbocycles. The summed E-state index contributed by atoms with van der Waals surface area (Å²) in [6, 6.07) is 0. The van der Waals surface area contributed by atoms with E-state index in [0.29, 0.717) is 5.84 Å². The molecule has 0 atom stereocenters. The number of amidine groups is 1. The zero-order chi connectivity index (χ0) is 9.90. The van der Waals surface area contributed by atoms with Crippen molar-refractivity contribution in [2.24, 2.45) is 11.1 Å². The summed E-state index contributed by atoms with van der Waals surface area (Å²) in [5, 5.41) is 7.43. The van der Waals surface area contributed by atoms with Gasteiger partial charge in [-0.05, 0) is 38.9 Å². The van der Waals surface area contributed by atoms with Gasteiger partial charge in [0, 0.05) is 5.41 Å². The fourth-order valence-electron chi connectivity index (χ4n) is 1.58. The highest BCUT2D eigenvalue weighted by Gasteiger charge is 2.23. The van der Waals surface area contributed by atoms with Gasteiger partial charge in [0.2, 0.25) is 0 Å². The van der Waals surface area contributed by atoms with E-state index in [0.717, 1.165) is 13.0 Å². The minimum absolute atomic E-state index is 0.122. The first-order valence-electron chi connectivity index (χ1n) is 5.09. The van der Waals surface area contributed by atoms with Crippen molar-refractivity contribution in [3.8, 4) is 0 Å². The summed E-state index contributed by atoms with van der Waals surface area (Å²) in [5.41, 5.74) is 5.40. The molecule has 0 aromatic heterocycles. The molecule has 0 amide bonds. The van der Waals surface area contributed by atoms with Gasteiger partial charge in [-0.15, -0.1) is 0 Å². The number of hydrogen-bond donors (Lipinski definition) is 2. The van der Waals surface area contributed by atoms with Crippen LogP contribution < -0.4 is 5.73 Å². The SMILES string of the molecule is CC(C)(CCN1CCCC1)C(=N)N. The standard InChI is InChI=1S/C10H21N3/c1-10(2,9(11)12)5-8-13-6-3-4-7-13/h3-8H2,1-2H3,(H3,11,12). The monoisotopic (exact) mass is 183 g/mol. The van der Waals surface area contributed by atoms with Gasteiger partial charge in [-0.2, -0.15) is 0 Å². The van der Waals surface area contributed by atoms with Crippen LogP contribution in [0.1, 0.15) is 33.1 Å². The molecule has 3 nitrogen and oxygen atoms in total. The van der Waals surface area contributed by atoms with Gasteiger partial charge in [-0.25, -0.2) is 0 Å². The Balaban J connectivity index is 2.28. The van der Waals surface area contributed by atoms with Crippen molar-refractivity contribution in [2.45, 2.75) is 33.1 Å². The molecule has 0 saturated carbocycles. The third kappa shape index (κ3) is 2.99. The third-order valence-corrected chi connectivity index (χ3v) is 2.98. The van der Waals surface area contributed by atoms with Gasteiger partial charge in [0.25, 0.3) is 0 Å². The summed E-state index contributed by atoms with van der Waals surface area (Å²) in [6.45, 7) is 7.64. The van der Waals surface area contributed by atoms with Crippen LogP contribution in [0.2, 0.25) is 0 Å². The second-order valence-electron chi connectivity index (χ2n) is 4.60. The van der Waals surface area contributed by atoms with Gasteiger partial charge in [0.15, 0.2) is 0 Å². The Labute approximate surface area is 80.8 Å². The lowest BCUT2D eigenvalue weighted by Gasteiger charge is -2.25. The smallest absolute Gasteiger partial charge is 0.0963 e. The predicted octanol–water partition coefficient (Wildman–Crippen LogP) is 1.43. The largest absolute Gasteiger partial charge is 0.387 e. The molecule has 76 valence electrons. The summed E-state index contributed by atoms with van der Waals surface area (Å²) in [6.07, 6.45) is 3.67. The average Bonchev–Trinajstić information content (AvgIpc) is 2.52. The van der Waals surface area contributed by atoms with E-state index in [1.54, 1.807) is 0 Å². The molecule has 3 heteroatoms. The van der Waals surface area contributed by atoms with Gasteiger partial charge in [-0.3, -0.25) is 5.41 Å². The number of rotatable bonds is 4. The van der Waals surface area contributed by atoms with Crippen molar-refractivity contribution in [1.82, 2.24) is 4.90 Å². The molecule has 0 spiro atoms. The normalized spacial score (nSPS) is 19.2. The second-order valence-corrected chi connectivity index (χ2v) is 4.60.